The van der Waals surface area contributed by atoms with Crippen molar-refractivity contribution < 1.29 is 4.79 Å². The maximum Gasteiger partial charge on any atom is 0.145 e. The summed E-state index contributed by atoms with van der Waals surface area (Å²) in [5, 5.41) is 0.0503. The lowest BCUT2D eigenvalue weighted by molar-refractivity contribution is -0.117. The zero-order valence-electron chi connectivity index (χ0n) is 8.29. The highest BCUT2D eigenvalue weighted by Crippen LogP contribution is 2.26. The van der Waals surface area contributed by atoms with E-state index in [4.69, 9.17) is 0 Å². The Labute approximate surface area is 97.4 Å². The number of benzene rings is 1. The zero-order valence-corrected chi connectivity index (χ0v) is 10.7. The maximum atomic E-state index is 11.4. The van der Waals surface area contributed by atoms with E-state index < -0.39 is 0 Å². The standard InChI is InChI=1S/C11H13BrOS/c1-3-11(13)8(2)14-10-6-4-5-9(12)7-10/h4-8H,3H2,1-2H3. The van der Waals surface area contributed by atoms with Gasteiger partial charge in [0.2, 0.25) is 0 Å². The Balaban J connectivity index is 2.64. The first-order chi connectivity index (χ1) is 6.63. The normalized spacial score (nSPS) is 12.5. The van der Waals surface area contributed by atoms with Crippen LogP contribution in [0.25, 0.3) is 0 Å². The van der Waals surface area contributed by atoms with Gasteiger partial charge in [0.05, 0.1) is 5.25 Å². The minimum absolute atomic E-state index is 0.0503. The van der Waals surface area contributed by atoms with Crippen LogP contribution < -0.4 is 0 Å². The molecule has 3 heteroatoms. The Kier molecular flexibility index (Phi) is 4.69. The quantitative estimate of drug-likeness (QED) is 0.774. The first-order valence-electron chi connectivity index (χ1n) is 4.58. The van der Waals surface area contributed by atoms with E-state index in [9.17, 15) is 4.79 Å². The first-order valence-corrected chi connectivity index (χ1v) is 6.25. The molecule has 0 fully saturated rings. The number of hydrogen-bond acceptors (Lipinski definition) is 2. The second kappa shape index (κ2) is 5.56. The molecular weight excluding hydrogens is 260 g/mol. The van der Waals surface area contributed by atoms with Crippen molar-refractivity contribution in [1.82, 2.24) is 0 Å². The molecule has 0 saturated heterocycles. The lowest BCUT2D eigenvalue weighted by Crippen LogP contribution is -2.10. The number of ketones is 1. The Morgan fingerprint density at radius 2 is 2.29 bits per heavy atom. The van der Waals surface area contributed by atoms with Gasteiger partial charge in [0.25, 0.3) is 0 Å². The molecule has 1 aromatic rings. The van der Waals surface area contributed by atoms with E-state index >= 15 is 0 Å². The molecule has 0 saturated carbocycles. The van der Waals surface area contributed by atoms with Gasteiger partial charge in [-0.15, -0.1) is 11.8 Å². The van der Waals surface area contributed by atoms with Crippen molar-refractivity contribution in [1.29, 1.82) is 0 Å². The van der Waals surface area contributed by atoms with Gasteiger partial charge in [-0.25, -0.2) is 0 Å². The number of carbonyl (C=O) groups excluding carboxylic acids is 1. The molecule has 0 aliphatic rings. The third-order valence-corrected chi connectivity index (χ3v) is 3.55. The minimum atomic E-state index is 0.0503. The van der Waals surface area contributed by atoms with Crippen LogP contribution in [0.2, 0.25) is 0 Å². The van der Waals surface area contributed by atoms with Crippen molar-refractivity contribution in [3.05, 3.63) is 28.7 Å². The highest BCUT2D eigenvalue weighted by atomic mass is 79.9. The van der Waals surface area contributed by atoms with E-state index in [-0.39, 0.29) is 5.25 Å². The molecule has 1 nitrogen and oxygen atoms in total. The van der Waals surface area contributed by atoms with Gasteiger partial charge >= 0.3 is 0 Å². The molecule has 0 bridgehead atoms. The van der Waals surface area contributed by atoms with E-state index in [0.29, 0.717) is 12.2 Å². The molecule has 1 rings (SSSR count). The number of rotatable bonds is 4. The summed E-state index contributed by atoms with van der Waals surface area (Å²) < 4.78 is 1.05. The van der Waals surface area contributed by atoms with Crippen LogP contribution in [0, 0.1) is 0 Å². The Hall–Kier alpha value is -0.280. The highest BCUT2D eigenvalue weighted by molar-refractivity contribution is 9.10. The summed E-state index contributed by atoms with van der Waals surface area (Å²) in [5.74, 6) is 0.301. The van der Waals surface area contributed by atoms with Gasteiger partial charge in [0.15, 0.2) is 0 Å². The fourth-order valence-electron chi connectivity index (χ4n) is 1.10. The van der Waals surface area contributed by atoms with Gasteiger partial charge in [-0.3, -0.25) is 4.79 Å². The van der Waals surface area contributed by atoms with Crippen molar-refractivity contribution in [2.24, 2.45) is 0 Å². The minimum Gasteiger partial charge on any atom is -0.298 e. The number of halogens is 1. The van der Waals surface area contributed by atoms with Crippen molar-refractivity contribution in [3.63, 3.8) is 0 Å². The Morgan fingerprint density at radius 1 is 1.57 bits per heavy atom. The fourth-order valence-corrected chi connectivity index (χ4v) is 2.71. The number of carbonyl (C=O) groups is 1. The summed E-state index contributed by atoms with van der Waals surface area (Å²) in [6, 6.07) is 8.02. The average molecular weight is 273 g/mol. The van der Waals surface area contributed by atoms with E-state index in [1.807, 2.05) is 38.1 Å². The molecule has 0 aliphatic heterocycles. The predicted octanol–water partition coefficient (Wildman–Crippen LogP) is 3.91. The lowest BCUT2D eigenvalue weighted by atomic mass is 10.2. The van der Waals surface area contributed by atoms with E-state index in [0.717, 1.165) is 9.37 Å². The van der Waals surface area contributed by atoms with E-state index in [1.54, 1.807) is 11.8 Å². The summed E-state index contributed by atoms with van der Waals surface area (Å²) in [4.78, 5) is 12.5. The summed E-state index contributed by atoms with van der Waals surface area (Å²) in [7, 11) is 0. The molecule has 76 valence electrons. The zero-order chi connectivity index (χ0) is 10.6. The lowest BCUT2D eigenvalue weighted by Gasteiger charge is -2.08. The van der Waals surface area contributed by atoms with Crippen LogP contribution in [0.15, 0.2) is 33.6 Å². The molecule has 0 aromatic heterocycles. The van der Waals surface area contributed by atoms with E-state index in [1.165, 1.54) is 0 Å². The molecule has 0 aliphatic carbocycles. The molecule has 0 radical (unpaired) electrons. The van der Waals surface area contributed by atoms with Gasteiger partial charge in [-0.1, -0.05) is 28.9 Å². The summed E-state index contributed by atoms with van der Waals surface area (Å²) in [6.45, 7) is 3.86. The van der Waals surface area contributed by atoms with Crippen molar-refractivity contribution in [2.45, 2.75) is 30.4 Å². The number of hydrogen-bond donors (Lipinski definition) is 0. The second-order valence-corrected chi connectivity index (χ2v) is 5.37. The maximum absolute atomic E-state index is 11.4. The summed E-state index contributed by atoms with van der Waals surface area (Å²) in [5.41, 5.74) is 0. The van der Waals surface area contributed by atoms with Crippen LogP contribution in [0.3, 0.4) is 0 Å². The topological polar surface area (TPSA) is 17.1 Å². The number of thioether (sulfide) groups is 1. The third-order valence-electron chi connectivity index (χ3n) is 1.91. The van der Waals surface area contributed by atoms with Gasteiger partial charge in [-0.2, -0.15) is 0 Å². The van der Waals surface area contributed by atoms with Gasteiger partial charge < -0.3 is 0 Å². The van der Waals surface area contributed by atoms with Crippen molar-refractivity contribution >= 4 is 33.5 Å². The van der Waals surface area contributed by atoms with Crippen LogP contribution in [0.4, 0.5) is 0 Å². The van der Waals surface area contributed by atoms with Crippen molar-refractivity contribution in [2.75, 3.05) is 0 Å². The van der Waals surface area contributed by atoms with Gasteiger partial charge in [-0.05, 0) is 25.1 Å². The van der Waals surface area contributed by atoms with E-state index in [2.05, 4.69) is 15.9 Å². The predicted molar refractivity (Wildman–Crippen MR) is 64.8 cm³/mol. The summed E-state index contributed by atoms with van der Waals surface area (Å²) >= 11 is 5.02. The molecular formula is C11H13BrOS. The monoisotopic (exact) mass is 272 g/mol. The van der Waals surface area contributed by atoms with Gasteiger partial charge in [0, 0.05) is 15.8 Å². The summed E-state index contributed by atoms with van der Waals surface area (Å²) in [6.07, 6.45) is 0.613. The number of Topliss-reactive ketones (excluding diaryl/α,β-unsaturated/α-hetero) is 1. The molecule has 1 unspecified atom stereocenters. The van der Waals surface area contributed by atoms with Crippen LogP contribution in [-0.4, -0.2) is 11.0 Å². The molecule has 0 amide bonds. The molecule has 1 atom stereocenters. The van der Waals surface area contributed by atoms with Crippen LogP contribution in [0.1, 0.15) is 20.3 Å². The van der Waals surface area contributed by atoms with Crippen LogP contribution in [0.5, 0.6) is 0 Å². The SMILES string of the molecule is CCC(=O)C(C)Sc1cccc(Br)c1. The average Bonchev–Trinajstić information content (AvgIpc) is 2.16. The highest BCUT2D eigenvalue weighted by Gasteiger charge is 2.11. The largest absolute Gasteiger partial charge is 0.298 e. The first kappa shape index (κ1) is 11.8. The molecule has 1 aromatic carbocycles. The van der Waals surface area contributed by atoms with Crippen LogP contribution in [-0.2, 0) is 4.79 Å². The fraction of sp³-hybridized carbons (Fsp3) is 0.364. The van der Waals surface area contributed by atoms with Crippen molar-refractivity contribution in [3.8, 4) is 0 Å². The Morgan fingerprint density at radius 3 is 2.86 bits per heavy atom. The Bertz CT molecular complexity index is 325. The molecule has 0 heterocycles. The molecule has 14 heavy (non-hydrogen) atoms. The molecule has 0 spiro atoms. The second-order valence-electron chi connectivity index (χ2n) is 3.04. The smallest absolute Gasteiger partial charge is 0.145 e. The third kappa shape index (κ3) is 3.46. The molecule has 0 N–H and O–H groups in total. The van der Waals surface area contributed by atoms with Crippen LogP contribution >= 0.6 is 27.7 Å². The van der Waals surface area contributed by atoms with Gasteiger partial charge in [0.1, 0.15) is 5.78 Å².